The Balaban J connectivity index is 1.63. The third-order valence-electron chi connectivity index (χ3n) is 3.98. The summed E-state index contributed by atoms with van der Waals surface area (Å²) in [5.41, 5.74) is 0.902. The lowest BCUT2D eigenvalue weighted by atomic mass is 10.1. The Labute approximate surface area is 144 Å². The van der Waals surface area contributed by atoms with Crippen LogP contribution in [0.25, 0.3) is 5.65 Å². The number of hydrogen-bond donors (Lipinski definition) is 2. The zero-order valence-corrected chi connectivity index (χ0v) is 15.1. The Morgan fingerprint density at radius 1 is 1.12 bits per heavy atom. The third-order valence-corrected chi connectivity index (χ3v) is 3.98. The maximum atomic E-state index is 4.27. The van der Waals surface area contributed by atoms with Crippen LogP contribution in [-0.4, -0.2) is 40.7 Å². The zero-order chi connectivity index (χ0) is 17.2. The minimum Gasteiger partial charge on any atom is -0.356 e. The van der Waals surface area contributed by atoms with Crippen LogP contribution in [0.5, 0.6) is 0 Å². The molecule has 0 saturated heterocycles. The maximum absolute atomic E-state index is 4.27. The van der Waals surface area contributed by atoms with E-state index in [1.807, 2.05) is 35.8 Å². The molecular weight excluding hydrogens is 300 g/mol. The van der Waals surface area contributed by atoms with Gasteiger partial charge in [-0.15, -0.1) is 10.2 Å². The molecule has 0 aliphatic heterocycles. The van der Waals surface area contributed by atoms with Crippen LogP contribution in [0.4, 0.5) is 0 Å². The number of nitrogens with one attached hydrogen (secondary N) is 2. The zero-order valence-electron chi connectivity index (χ0n) is 15.1. The number of aromatic nitrogens is 3. The van der Waals surface area contributed by atoms with E-state index in [1.54, 1.807) is 0 Å². The smallest absolute Gasteiger partial charge is 0.190 e. The fraction of sp³-hybridized carbons (Fsp3) is 0.611. The number of guanidine groups is 1. The van der Waals surface area contributed by atoms with Gasteiger partial charge in [0.1, 0.15) is 5.82 Å². The largest absolute Gasteiger partial charge is 0.356 e. The van der Waals surface area contributed by atoms with E-state index in [0.717, 1.165) is 49.3 Å². The fourth-order valence-electron chi connectivity index (χ4n) is 2.62. The van der Waals surface area contributed by atoms with E-state index in [-0.39, 0.29) is 0 Å². The van der Waals surface area contributed by atoms with Crippen LogP contribution in [0.2, 0.25) is 0 Å². The summed E-state index contributed by atoms with van der Waals surface area (Å²) >= 11 is 0. The van der Waals surface area contributed by atoms with Gasteiger partial charge in [0.15, 0.2) is 11.6 Å². The van der Waals surface area contributed by atoms with Gasteiger partial charge in [-0.1, -0.05) is 32.8 Å². The molecule has 6 nitrogen and oxygen atoms in total. The van der Waals surface area contributed by atoms with Gasteiger partial charge < -0.3 is 10.6 Å². The van der Waals surface area contributed by atoms with Gasteiger partial charge in [-0.3, -0.25) is 9.39 Å². The van der Waals surface area contributed by atoms with Crippen molar-refractivity contribution >= 4 is 11.6 Å². The van der Waals surface area contributed by atoms with E-state index in [2.05, 4.69) is 39.7 Å². The van der Waals surface area contributed by atoms with Crippen molar-refractivity contribution in [2.24, 2.45) is 10.9 Å². The van der Waals surface area contributed by atoms with Crippen LogP contribution >= 0.6 is 0 Å². The second-order valence-corrected chi connectivity index (χ2v) is 6.46. The first-order chi connectivity index (χ1) is 11.7. The van der Waals surface area contributed by atoms with Crippen molar-refractivity contribution < 1.29 is 0 Å². The highest BCUT2D eigenvalue weighted by Gasteiger charge is 2.04. The Kier molecular flexibility index (Phi) is 7.52. The molecule has 2 rings (SSSR count). The molecule has 2 heterocycles. The molecule has 0 aliphatic carbocycles. The molecule has 0 radical (unpaired) electrons. The summed E-state index contributed by atoms with van der Waals surface area (Å²) in [6.07, 6.45) is 7.63. The predicted molar refractivity (Wildman–Crippen MR) is 99.4 cm³/mol. The Morgan fingerprint density at radius 3 is 2.67 bits per heavy atom. The van der Waals surface area contributed by atoms with Gasteiger partial charge in [-0.25, -0.2) is 0 Å². The molecule has 0 atom stereocenters. The molecule has 0 spiro atoms. The van der Waals surface area contributed by atoms with Gasteiger partial charge in [-0.2, -0.15) is 0 Å². The topological polar surface area (TPSA) is 66.6 Å². The molecule has 0 amide bonds. The van der Waals surface area contributed by atoms with E-state index in [4.69, 9.17) is 0 Å². The molecule has 0 fully saturated rings. The number of hydrogen-bond acceptors (Lipinski definition) is 3. The highest BCUT2D eigenvalue weighted by Crippen LogP contribution is 2.05. The molecule has 24 heavy (non-hydrogen) atoms. The maximum Gasteiger partial charge on any atom is 0.190 e. The van der Waals surface area contributed by atoms with Gasteiger partial charge in [0, 0.05) is 32.8 Å². The van der Waals surface area contributed by atoms with E-state index < -0.39 is 0 Å². The molecule has 0 unspecified atom stereocenters. The summed E-state index contributed by atoms with van der Waals surface area (Å²) in [7, 11) is 1.81. The van der Waals surface area contributed by atoms with Crippen LogP contribution in [0, 0.1) is 5.92 Å². The third kappa shape index (κ3) is 5.83. The molecule has 6 heteroatoms. The molecule has 0 bridgehead atoms. The monoisotopic (exact) mass is 330 g/mol. The fourth-order valence-corrected chi connectivity index (χ4v) is 2.62. The highest BCUT2D eigenvalue weighted by molar-refractivity contribution is 5.79. The summed E-state index contributed by atoms with van der Waals surface area (Å²) in [4.78, 5) is 4.27. The summed E-state index contributed by atoms with van der Waals surface area (Å²) < 4.78 is 2.04. The van der Waals surface area contributed by atoms with Crippen LogP contribution in [0.1, 0.15) is 45.4 Å². The van der Waals surface area contributed by atoms with Crippen molar-refractivity contribution in [2.45, 2.75) is 46.0 Å². The molecular formula is C18H30N6. The lowest BCUT2D eigenvalue weighted by Gasteiger charge is -2.12. The number of nitrogens with zero attached hydrogens (tertiary/aromatic N) is 4. The van der Waals surface area contributed by atoms with Crippen molar-refractivity contribution in [3.05, 3.63) is 30.2 Å². The Bertz CT molecular complexity index is 631. The quantitative estimate of drug-likeness (QED) is 0.421. The number of unbranched alkanes of at least 4 members (excludes halogenated alkanes) is 1. The normalized spacial score (nSPS) is 12.1. The first kappa shape index (κ1) is 18.2. The minimum absolute atomic E-state index is 0.788. The average molecular weight is 330 g/mol. The number of rotatable bonds is 9. The molecule has 2 aromatic heterocycles. The second-order valence-electron chi connectivity index (χ2n) is 6.46. The van der Waals surface area contributed by atoms with Crippen LogP contribution in [0.15, 0.2) is 29.4 Å². The molecule has 2 aromatic rings. The van der Waals surface area contributed by atoms with E-state index in [0.29, 0.717) is 0 Å². The molecule has 132 valence electrons. The Morgan fingerprint density at radius 2 is 1.92 bits per heavy atom. The lowest BCUT2D eigenvalue weighted by molar-refractivity contribution is 0.534. The lowest BCUT2D eigenvalue weighted by Crippen LogP contribution is -2.38. The van der Waals surface area contributed by atoms with Crippen molar-refractivity contribution in [3.63, 3.8) is 0 Å². The molecule has 2 N–H and O–H groups in total. The SMILES string of the molecule is CN=C(NCCCCC(C)C)NCCCc1nnc2ccccn12. The van der Waals surface area contributed by atoms with Crippen molar-refractivity contribution in [2.75, 3.05) is 20.1 Å². The van der Waals surface area contributed by atoms with Crippen LogP contribution < -0.4 is 10.6 Å². The first-order valence-electron chi connectivity index (χ1n) is 8.94. The number of aryl methyl sites for hydroxylation is 1. The number of aliphatic imine (C=N–C) groups is 1. The van der Waals surface area contributed by atoms with Crippen LogP contribution in [0.3, 0.4) is 0 Å². The van der Waals surface area contributed by atoms with E-state index in [9.17, 15) is 0 Å². The van der Waals surface area contributed by atoms with E-state index >= 15 is 0 Å². The minimum atomic E-state index is 0.788. The van der Waals surface area contributed by atoms with Crippen LogP contribution in [-0.2, 0) is 6.42 Å². The van der Waals surface area contributed by atoms with Gasteiger partial charge >= 0.3 is 0 Å². The van der Waals surface area contributed by atoms with Gasteiger partial charge in [0.25, 0.3) is 0 Å². The second kappa shape index (κ2) is 9.90. The summed E-state index contributed by atoms with van der Waals surface area (Å²) in [5, 5.41) is 15.2. The molecule has 0 saturated carbocycles. The van der Waals surface area contributed by atoms with Gasteiger partial charge in [0.2, 0.25) is 0 Å². The number of fused-ring (bicyclic) bond motifs is 1. The summed E-state index contributed by atoms with van der Waals surface area (Å²) in [6.45, 7) is 6.38. The van der Waals surface area contributed by atoms with Gasteiger partial charge in [0.05, 0.1) is 0 Å². The summed E-state index contributed by atoms with van der Waals surface area (Å²) in [5.74, 6) is 2.67. The first-order valence-corrected chi connectivity index (χ1v) is 8.94. The summed E-state index contributed by atoms with van der Waals surface area (Å²) in [6, 6.07) is 5.95. The van der Waals surface area contributed by atoms with Crippen molar-refractivity contribution in [1.29, 1.82) is 0 Å². The van der Waals surface area contributed by atoms with Crippen molar-refractivity contribution in [3.8, 4) is 0 Å². The molecule has 0 aromatic carbocycles. The highest BCUT2D eigenvalue weighted by atomic mass is 15.2. The number of pyridine rings is 1. The standard InChI is InChI=1S/C18H30N6/c1-15(2)9-4-6-12-20-18(19-3)21-13-8-11-17-23-22-16-10-5-7-14-24(16)17/h5,7,10,14-15H,4,6,8-9,11-13H2,1-3H3,(H2,19,20,21). The average Bonchev–Trinajstić information content (AvgIpc) is 2.99. The van der Waals surface area contributed by atoms with E-state index in [1.165, 1.54) is 19.3 Å². The van der Waals surface area contributed by atoms with Gasteiger partial charge in [-0.05, 0) is 30.9 Å². The van der Waals surface area contributed by atoms with Crippen molar-refractivity contribution in [1.82, 2.24) is 25.2 Å². The predicted octanol–water partition coefficient (Wildman–Crippen LogP) is 2.65. The molecule has 0 aliphatic rings. The Hall–Kier alpha value is -2.11.